The molecule has 0 aromatic carbocycles. The normalized spacial score (nSPS) is 23.6. The van der Waals surface area contributed by atoms with E-state index in [0.717, 1.165) is 25.8 Å². The first-order chi connectivity index (χ1) is 6.16. The second-order valence-corrected chi connectivity index (χ2v) is 3.59. The number of carbonyl (C=O) groups excluding carboxylic acids is 1. The Balaban J connectivity index is 0.00000169. The summed E-state index contributed by atoms with van der Waals surface area (Å²) < 4.78 is 4.70. The molecule has 0 aliphatic carbocycles. The molecule has 1 saturated heterocycles. The molecule has 14 heavy (non-hydrogen) atoms. The Morgan fingerprint density at radius 1 is 1.57 bits per heavy atom. The number of rotatable bonds is 1. The molecule has 1 heterocycles. The zero-order chi connectivity index (χ0) is 9.84. The van der Waals surface area contributed by atoms with Crippen LogP contribution >= 0.6 is 12.4 Å². The monoisotopic (exact) mass is 222 g/mol. The summed E-state index contributed by atoms with van der Waals surface area (Å²) in [5.74, 6) is 0. The van der Waals surface area contributed by atoms with Gasteiger partial charge in [-0.25, -0.2) is 4.79 Å². The number of carbonyl (C=O) groups is 1. The Kier molecular flexibility index (Phi) is 5.88. The first-order valence-electron chi connectivity index (χ1n) is 4.77. The van der Waals surface area contributed by atoms with E-state index in [1.807, 2.05) is 6.92 Å². The molecule has 1 rings (SSSR count). The molecule has 1 amide bonds. The maximum Gasteiger partial charge on any atom is 0.409 e. The van der Waals surface area contributed by atoms with Gasteiger partial charge in [-0.1, -0.05) is 0 Å². The van der Waals surface area contributed by atoms with Gasteiger partial charge in [-0.15, -0.1) is 12.4 Å². The molecule has 84 valence electrons. The smallest absolute Gasteiger partial charge is 0.409 e. The third kappa shape index (κ3) is 3.03. The van der Waals surface area contributed by atoms with E-state index in [2.05, 4.69) is 0 Å². The van der Waals surface area contributed by atoms with Crippen molar-refractivity contribution in [1.82, 2.24) is 4.90 Å². The van der Waals surface area contributed by atoms with E-state index in [9.17, 15) is 4.79 Å². The largest absolute Gasteiger partial charge is 0.453 e. The summed E-state index contributed by atoms with van der Waals surface area (Å²) in [6, 6.07) is 0.181. The minimum atomic E-state index is -0.248. The lowest BCUT2D eigenvalue weighted by atomic mass is 9.98. The number of amides is 1. The highest BCUT2D eigenvalue weighted by atomic mass is 35.5. The number of nitrogens with two attached hydrogens (primary N) is 1. The van der Waals surface area contributed by atoms with Crippen molar-refractivity contribution in [3.05, 3.63) is 0 Å². The van der Waals surface area contributed by atoms with Gasteiger partial charge < -0.3 is 15.4 Å². The lowest BCUT2D eigenvalue weighted by molar-refractivity contribution is 0.0831. The molecule has 0 radical (unpaired) electrons. The van der Waals surface area contributed by atoms with E-state index in [0.29, 0.717) is 0 Å². The Morgan fingerprint density at radius 3 is 2.71 bits per heavy atom. The van der Waals surface area contributed by atoms with Gasteiger partial charge in [0.15, 0.2) is 0 Å². The number of piperidine rings is 1. The van der Waals surface area contributed by atoms with Gasteiger partial charge in [0, 0.05) is 18.6 Å². The number of halogens is 1. The van der Waals surface area contributed by atoms with Gasteiger partial charge >= 0.3 is 6.09 Å². The van der Waals surface area contributed by atoms with Crippen molar-refractivity contribution in [2.45, 2.75) is 38.3 Å². The number of hydrogen-bond acceptors (Lipinski definition) is 3. The average molecular weight is 223 g/mol. The van der Waals surface area contributed by atoms with Crippen molar-refractivity contribution in [3.8, 4) is 0 Å². The highest BCUT2D eigenvalue weighted by Crippen LogP contribution is 2.19. The molecule has 1 aliphatic heterocycles. The summed E-state index contributed by atoms with van der Waals surface area (Å²) in [7, 11) is 1.41. The second-order valence-electron chi connectivity index (χ2n) is 3.59. The molecule has 5 heteroatoms. The van der Waals surface area contributed by atoms with Crippen LogP contribution < -0.4 is 5.73 Å². The fourth-order valence-electron chi connectivity index (χ4n) is 1.85. The van der Waals surface area contributed by atoms with Crippen LogP contribution in [0.3, 0.4) is 0 Å². The predicted molar refractivity (Wildman–Crippen MR) is 57.6 cm³/mol. The Labute approximate surface area is 91.2 Å². The summed E-state index contributed by atoms with van der Waals surface area (Å²) in [6.45, 7) is 2.71. The maximum atomic E-state index is 11.3. The summed E-state index contributed by atoms with van der Waals surface area (Å²) in [4.78, 5) is 13.1. The molecule has 0 aromatic rings. The number of hydrogen-bond donors (Lipinski definition) is 1. The topological polar surface area (TPSA) is 55.6 Å². The third-order valence-electron chi connectivity index (χ3n) is 2.57. The van der Waals surface area contributed by atoms with Crippen LogP contribution in [0.1, 0.15) is 26.2 Å². The third-order valence-corrected chi connectivity index (χ3v) is 2.57. The minimum absolute atomic E-state index is 0. The molecule has 0 spiro atoms. The SMILES string of the molecule is COC(=O)N1CCCCC1C(C)N.Cl. The van der Waals surface area contributed by atoms with Gasteiger partial charge in [0.2, 0.25) is 0 Å². The van der Waals surface area contributed by atoms with Gasteiger partial charge in [0.05, 0.1) is 7.11 Å². The standard InChI is InChI=1S/C9H18N2O2.ClH/c1-7(10)8-5-3-4-6-11(8)9(12)13-2;/h7-8H,3-6,10H2,1-2H3;1H. The molecule has 0 bridgehead atoms. The van der Waals surface area contributed by atoms with Crippen LogP contribution in [0.2, 0.25) is 0 Å². The van der Waals surface area contributed by atoms with E-state index in [4.69, 9.17) is 10.5 Å². The maximum absolute atomic E-state index is 11.3. The zero-order valence-electron chi connectivity index (χ0n) is 8.73. The molecule has 0 aromatic heterocycles. The zero-order valence-corrected chi connectivity index (χ0v) is 9.55. The fourth-order valence-corrected chi connectivity index (χ4v) is 1.85. The van der Waals surface area contributed by atoms with E-state index >= 15 is 0 Å². The quantitative estimate of drug-likeness (QED) is 0.729. The van der Waals surface area contributed by atoms with Gasteiger partial charge in [-0.3, -0.25) is 0 Å². The van der Waals surface area contributed by atoms with Crippen LogP contribution in [0.25, 0.3) is 0 Å². The number of methoxy groups -OCH3 is 1. The van der Waals surface area contributed by atoms with E-state index < -0.39 is 0 Å². The van der Waals surface area contributed by atoms with E-state index in [1.165, 1.54) is 7.11 Å². The van der Waals surface area contributed by atoms with Crippen molar-refractivity contribution < 1.29 is 9.53 Å². The van der Waals surface area contributed by atoms with E-state index in [-0.39, 0.29) is 30.6 Å². The van der Waals surface area contributed by atoms with Crippen LogP contribution in [0.4, 0.5) is 4.79 Å². The molecule has 2 unspecified atom stereocenters. The molecular weight excluding hydrogens is 204 g/mol. The van der Waals surface area contributed by atoms with Crippen LogP contribution in [-0.4, -0.2) is 36.7 Å². The van der Waals surface area contributed by atoms with Gasteiger partial charge in [-0.2, -0.15) is 0 Å². The molecule has 0 saturated carbocycles. The first kappa shape index (κ1) is 13.5. The van der Waals surface area contributed by atoms with Crippen LogP contribution in [0.15, 0.2) is 0 Å². The highest BCUT2D eigenvalue weighted by Gasteiger charge is 2.29. The summed E-state index contributed by atoms with van der Waals surface area (Å²) in [6.07, 6.45) is 2.95. The molecule has 1 aliphatic rings. The summed E-state index contributed by atoms with van der Waals surface area (Å²) >= 11 is 0. The van der Waals surface area contributed by atoms with Crippen molar-refractivity contribution >= 4 is 18.5 Å². The highest BCUT2D eigenvalue weighted by molar-refractivity contribution is 5.85. The average Bonchev–Trinajstić information content (AvgIpc) is 2.16. The Morgan fingerprint density at radius 2 is 2.21 bits per heavy atom. The van der Waals surface area contributed by atoms with Gasteiger partial charge in [0.25, 0.3) is 0 Å². The lowest BCUT2D eigenvalue weighted by Gasteiger charge is -2.36. The Hall–Kier alpha value is -0.480. The summed E-state index contributed by atoms with van der Waals surface area (Å²) in [5, 5.41) is 0. The van der Waals surface area contributed by atoms with Crippen molar-refractivity contribution in [1.29, 1.82) is 0 Å². The van der Waals surface area contributed by atoms with Crippen molar-refractivity contribution in [2.24, 2.45) is 5.73 Å². The van der Waals surface area contributed by atoms with Crippen LogP contribution in [-0.2, 0) is 4.74 Å². The van der Waals surface area contributed by atoms with Gasteiger partial charge in [0.1, 0.15) is 0 Å². The molecular formula is C9H19ClN2O2. The minimum Gasteiger partial charge on any atom is -0.453 e. The number of ether oxygens (including phenoxy) is 1. The van der Waals surface area contributed by atoms with Crippen LogP contribution in [0.5, 0.6) is 0 Å². The van der Waals surface area contributed by atoms with Crippen molar-refractivity contribution in [3.63, 3.8) is 0 Å². The lowest BCUT2D eigenvalue weighted by Crippen LogP contribution is -2.51. The molecule has 2 atom stereocenters. The molecule has 4 nitrogen and oxygen atoms in total. The number of likely N-dealkylation sites (tertiary alicyclic amines) is 1. The van der Waals surface area contributed by atoms with Crippen molar-refractivity contribution in [2.75, 3.05) is 13.7 Å². The number of nitrogens with zero attached hydrogens (tertiary/aromatic N) is 1. The summed E-state index contributed by atoms with van der Waals surface area (Å²) in [5.41, 5.74) is 5.80. The van der Waals surface area contributed by atoms with Gasteiger partial charge in [-0.05, 0) is 26.2 Å². The predicted octanol–water partition coefficient (Wildman–Crippen LogP) is 1.38. The molecule has 2 N–H and O–H groups in total. The fraction of sp³-hybridized carbons (Fsp3) is 0.889. The second kappa shape index (κ2) is 6.09. The first-order valence-corrected chi connectivity index (χ1v) is 4.77. The molecule has 1 fully saturated rings. The van der Waals surface area contributed by atoms with E-state index in [1.54, 1.807) is 4.90 Å². The van der Waals surface area contributed by atoms with Crippen LogP contribution in [0, 0.1) is 0 Å². The Bertz CT molecular complexity index is 188.